The van der Waals surface area contributed by atoms with Gasteiger partial charge in [0.15, 0.2) is 11.0 Å². The van der Waals surface area contributed by atoms with Crippen molar-refractivity contribution in [2.45, 2.75) is 17.0 Å². The molecule has 0 aliphatic carbocycles. The molecule has 0 N–H and O–H groups in total. The van der Waals surface area contributed by atoms with Crippen LogP contribution in [0.25, 0.3) is 11.4 Å². The molecule has 1 aliphatic heterocycles. The van der Waals surface area contributed by atoms with E-state index in [9.17, 15) is 0 Å². The number of hydrogen-bond acceptors (Lipinski definition) is 4. The number of fused-ring (bicyclic) bond motifs is 1. The van der Waals surface area contributed by atoms with Crippen molar-refractivity contribution in [2.24, 2.45) is 0 Å². The zero-order valence-corrected chi connectivity index (χ0v) is 10.8. The molecule has 2 aromatic rings. The van der Waals surface area contributed by atoms with Gasteiger partial charge in [0.1, 0.15) is 0 Å². The zero-order chi connectivity index (χ0) is 11.0. The fraction of sp³-hybridized carbons (Fsp3) is 0.300. The molecule has 1 unspecified atom stereocenters. The van der Waals surface area contributed by atoms with E-state index in [1.165, 1.54) is 0 Å². The lowest BCUT2D eigenvalue weighted by molar-refractivity contribution is 0.679. The third kappa shape index (κ3) is 1.66. The Balaban J connectivity index is 2.00. The molecule has 3 heterocycles. The van der Waals surface area contributed by atoms with Gasteiger partial charge in [0.2, 0.25) is 0 Å². The Morgan fingerprint density at radius 2 is 2.44 bits per heavy atom. The Bertz CT molecular complexity index is 499. The van der Waals surface area contributed by atoms with Gasteiger partial charge in [-0.05, 0) is 12.1 Å². The Kier molecular flexibility index (Phi) is 2.69. The Morgan fingerprint density at radius 3 is 3.19 bits per heavy atom. The monoisotopic (exact) mass is 296 g/mol. The lowest BCUT2D eigenvalue weighted by Gasteiger charge is -2.04. The van der Waals surface area contributed by atoms with E-state index in [1.54, 1.807) is 18.0 Å². The van der Waals surface area contributed by atoms with Gasteiger partial charge in [-0.25, -0.2) is 0 Å². The highest BCUT2D eigenvalue weighted by Crippen LogP contribution is 2.34. The highest BCUT2D eigenvalue weighted by Gasteiger charge is 2.26. The van der Waals surface area contributed by atoms with Crippen LogP contribution >= 0.6 is 27.7 Å². The minimum atomic E-state index is 0.556. The maximum absolute atomic E-state index is 4.21. The molecule has 3 rings (SSSR count). The predicted molar refractivity (Wildman–Crippen MR) is 66.7 cm³/mol. The zero-order valence-electron chi connectivity index (χ0n) is 8.38. The molecule has 0 spiro atoms. The predicted octanol–water partition coefficient (Wildman–Crippen LogP) is 2.21. The van der Waals surface area contributed by atoms with E-state index in [4.69, 9.17) is 0 Å². The molecule has 4 nitrogen and oxygen atoms in total. The summed E-state index contributed by atoms with van der Waals surface area (Å²) in [5.41, 5.74) is 1.03. The first-order chi connectivity index (χ1) is 7.88. The molecule has 16 heavy (non-hydrogen) atoms. The summed E-state index contributed by atoms with van der Waals surface area (Å²) in [5, 5.41) is 11.0. The standard InChI is InChI=1S/C10H9BrN4S/c11-4-8-6-15-9(13-14-10(15)16-8)7-2-1-3-12-5-7/h1-3,5,8H,4,6H2. The van der Waals surface area contributed by atoms with Crippen molar-refractivity contribution in [2.75, 3.05) is 5.33 Å². The van der Waals surface area contributed by atoms with Crippen molar-refractivity contribution in [3.8, 4) is 11.4 Å². The Hall–Kier alpha value is -0.880. The second kappa shape index (κ2) is 4.18. The molecular formula is C10H9BrN4S. The normalized spacial score (nSPS) is 18.7. The summed E-state index contributed by atoms with van der Waals surface area (Å²) >= 11 is 5.28. The molecule has 0 saturated carbocycles. The minimum absolute atomic E-state index is 0.556. The first-order valence-electron chi connectivity index (χ1n) is 4.94. The highest BCUT2D eigenvalue weighted by atomic mass is 79.9. The first-order valence-corrected chi connectivity index (χ1v) is 6.95. The van der Waals surface area contributed by atoms with E-state index in [2.05, 4.69) is 35.7 Å². The third-order valence-electron chi connectivity index (χ3n) is 2.47. The summed E-state index contributed by atoms with van der Waals surface area (Å²) in [4.78, 5) is 4.11. The summed E-state index contributed by atoms with van der Waals surface area (Å²) in [5.74, 6) is 0.916. The highest BCUT2D eigenvalue weighted by molar-refractivity contribution is 9.09. The largest absolute Gasteiger partial charge is 0.301 e. The lowest BCUT2D eigenvalue weighted by atomic mass is 10.2. The maximum Gasteiger partial charge on any atom is 0.191 e. The van der Waals surface area contributed by atoms with Crippen molar-refractivity contribution in [3.05, 3.63) is 24.5 Å². The van der Waals surface area contributed by atoms with E-state index in [0.29, 0.717) is 5.25 Å². The molecular weight excluding hydrogens is 288 g/mol. The molecule has 82 valence electrons. The van der Waals surface area contributed by atoms with Gasteiger partial charge in [-0.15, -0.1) is 10.2 Å². The molecule has 6 heteroatoms. The van der Waals surface area contributed by atoms with E-state index < -0.39 is 0 Å². The van der Waals surface area contributed by atoms with Gasteiger partial charge in [0, 0.05) is 35.1 Å². The van der Waals surface area contributed by atoms with Crippen LogP contribution in [0.2, 0.25) is 0 Å². The van der Waals surface area contributed by atoms with Crippen molar-refractivity contribution in [1.29, 1.82) is 0 Å². The van der Waals surface area contributed by atoms with E-state index in [1.807, 2.05) is 18.3 Å². The second-order valence-corrected chi connectivity index (χ2v) is 5.47. The van der Waals surface area contributed by atoms with Crippen molar-refractivity contribution in [3.63, 3.8) is 0 Å². The van der Waals surface area contributed by atoms with Crippen LogP contribution in [-0.2, 0) is 6.54 Å². The second-order valence-electron chi connectivity index (χ2n) is 3.55. The van der Waals surface area contributed by atoms with Crippen LogP contribution in [0.5, 0.6) is 0 Å². The molecule has 0 bridgehead atoms. The molecule has 2 aromatic heterocycles. The summed E-state index contributed by atoms with van der Waals surface area (Å²) in [7, 11) is 0. The first kappa shape index (κ1) is 10.3. The number of halogens is 1. The van der Waals surface area contributed by atoms with Crippen LogP contribution in [0.4, 0.5) is 0 Å². The Labute approximate surface area is 106 Å². The smallest absolute Gasteiger partial charge is 0.191 e. The van der Waals surface area contributed by atoms with Gasteiger partial charge < -0.3 is 4.57 Å². The van der Waals surface area contributed by atoms with Crippen LogP contribution in [0.3, 0.4) is 0 Å². The van der Waals surface area contributed by atoms with E-state index in [-0.39, 0.29) is 0 Å². The number of rotatable bonds is 2. The van der Waals surface area contributed by atoms with Crippen LogP contribution in [0.15, 0.2) is 29.7 Å². The van der Waals surface area contributed by atoms with Crippen molar-refractivity contribution in [1.82, 2.24) is 19.7 Å². The van der Waals surface area contributed by atoms with Gasteiger partial charge >= 0.3 is 0 Å². The van der Waals surface area contributed by atoms with E-state index >= 15 is 0 Å². The lowest BCUT2D eigenvalue weighted by Crippen LogP contribution is -2.07. The van der Waals surface area contributed by atoms with Crippen molar-refractivity contribution < 1.29 is 0 Å². The van der Waals surface area contributed by atoms with Crippen LogP contribution in [0, 0.1) is 0 Å². The van der Waals surface area contributed by atoms with Gasteiger partial charge in [0.25, 0.3) is 0 Å². The molecule has 1 atom stereocenters. The molecule has 0 fully saturated rings. The summed E-state index contributed by atoms with van der Waals surface area (Å²) in [6, 6.07) is 3.93. The number of nitrogens with zero attached hydrogens (tertiary/aromatic N) is 4. The number of thioether (sulfide) groups is 1. The van der Waals surface area contributed by atoms with Crippen LogP contribution in [0.1, 0.15) is 0 Å². The average Bonchev–Trinajstić information content (AvgIpc) is 2.88. The van der Waals surface area contributed by atoms with Gasteiger partial charge in [-0.3, -0.25) is 4.98 Å². The molecule has 0 aromatic carbocycles. The third-order valence-corrected chi connectivity index (χ3v) is 4.84. The molecule has 1 aliphatic rings. The van der Waals surface area contributed by atoms with Crippen molar-refractivity contribution >= 4 is 27.7 Å². The maximum atomic E-state index is 4.21. The number of alkyl halides is 1. The van der Waals surface area contributed by atoms with Crippen LogP contribution in [-0.4, -0.2) is 30.3 Å². The number of pyridine rings is 1. The van der Waals surface area contributed by atoms with Crippen LogP contribution < -0.4 is 0 Å². The summed E-state index contributed by atoms with van der Waals surface area (Å²) in [6.45, 7) is 0.961. The molecule has 0 saturated heterocycles. The minimum Gasteiger partial charge on any atom is -0.301 e. The van der Waals surface area contributed by atoms with Gasteiger partial charge in [-0.2, -0.15) is 0 Å². The summed E-state index contributed by atoms with van der Waals surface area (Å²) < 4.78 is 2.16. The summed E-state index contributed by atoms with van der Waals surface area (Å²) in [6.07, 6.45) is 3.59. The molecule has 0 amide bonds. The SMILES string of the molecule is BrCC1Cn2c(nnc2-c2cccnc2)S1. The fourth-order valence-electron chi connectivity index (χ4n) is 1.72. The quantitative estimate of drug-likeness (QED) is 0.797. The molecule has 0 radical (unpaired) electrons. The van der Waals surface area contributed by atoms with E-state index in [0.717, 1.165) is 28.4 Å². The fourth-order valence-corrected chi connectivity index (χ4v) is 3.28. The number of aromatic nitrogens is 4. The topological polar surface area (TPSA) is 43.6 Å². The average molecular weight is 297 g/mol. The van der Waals surface area contributed by atoms with Gasteiger partial charge in [0.05, 0.1) is 0 Å². The van der Waals surface area contributed by atoms with Gasteiger partial charge in [-0.1, -0.05) is 27.7 Å². The number of hydrogen-bond donors (Lipinski definition) is 0. The Morgan fingerprint density at radius 1 is 1.50 bits per heavy atom.